The number of nitrogens with two attached hydrogens (primary N) is 1. The second-order valence-corrected chi connectivity index (χ2v) is 4.47. The number of rotatable bonds is 7. The Morgan fingerprint density at radius 1 is 1.37 bits per heavy atom. The van der Waals surface area contributed by atoms with Gasteiger partial charge in [-0.25, -0.2) is 0 Å². The van der Waals surface area contributed by atoms with Crippen molar-refractivity contribution in [3.63, 3.8) is 0 Å². The van der Waals surface area contributed by atoms with Gasteiger partial charge in [-0.2, -0.15) is 0 Å². The number of methoxy groups -OCH3 is 1. The Hall–Kier alpha value is -1.75. The van der Waals surface area contributed by atoms with Gasteiger partial charge >= 0.3 is 0 Å². The summed E-state index contributed by atoms with van der Waals surface area (Å²) >= 11 is 0. The molecule has 0 aliphatic carbocycles. The molecule has 1 aromatic carbocycles. The maximum Gasteiger partial charge on any atom is 0.216 e. The van der Waals surface area contributed by atoms with Crippen molar-refractivity contribution in [2.45, 2.75) is 13.8 Å². The summed E-state index contributed by atoms with van der Waals surface area (Å²) in [6, 6.07) is 6.06. The van der Waals surface area contributed by atoms with E-state index in [0.29, 0.717) is 13.1 Å². The van der Waals surface area contributed by atoms with Crippen LogP contribution in [0.15, 0.2) is 18.2 Å². The van der Waals surface area contributed by atoms with E-state index in [1.165, 1.54) is 6.92 Å². The summed E-state index contributed by atoms with van der Waals surface area (Å²) in [6.45, 7) is 6.18. The zero-order chi connectivity index (χ0) is 14.3. The minimum Gasteiger partial charge on any atom is -0.497 e. The van der Waals surface area contributed by atoms with Gasteiger partial charge in [-0.1, -0.05) is 0 Å². The molecule has 0 fully saturated rings. The average Bonchev–Trinajstić information content (AvgIpc) is 2.36. The van der Waals surface area contributed by atoms with Crippen LogP contribution in [0.5, 0.6) is 5.75 Å². The summed E-state index contributed by atoms with van der Waals surface area (Å²) in [5.41, 5.74) is 7.84. The van der Waals surface area contributed by atoms with E-state index < -0.39 is 0 Å². The number of nitrogens with zero attached hydrogens (tertiary/aromatic N) is 1. The topological polar surface area (TPSA) is 67.6 Å². The van der Waals surface area contributed by atoms with Crippen molar-refractivity contribution in [2.75, 3.05) is 38.2 Å². The van der Waals surface area contributed by atoms with Crippen LogP contribution in [0.1, 0.15) is 12.5 Å². The molecule has 3 N–H and O–H groups in total. The number of anilines is 1. The van der Waals surface area contributed by atoms with E-state index in [1.807, 2.05) is 19.1 Å². The third kappa shape index (κ3) is 5.18. The predicted octanol–water partition coefficient (Wildman–Crippen LogP) is 0.905. The maximum atomic E-state index is 10.9. The summed E-state index contributed by atoms with van der Waals surface area (Å²) in [6.07, 6.45) is 0. The number of hydrogen-bond donors (Lipinski definition) is 2. The Labute approximate surface area is 114 Å². The van der Waals surface area contributed by atoms with Crippen molar-refractivity contribution in [1.82, 2.24) is 5.32 Å². The lowest BCUT2D eigenvalue weighted by atomic mass is 10.2. The van der Waals surface area contributed by atoms with Crippen LogP contribution in [-0.2, 0) is 4.79 Å². The molecule has 5 heteroatoms. The van der Waals surface area contributed by atoms with Crippen LogP contribution in [-0.4, -0.2) is 39.2 Å². The smallest absolute Gasteiger partial charge is 0.216 e. The quantitative estimate of drug-likeness (QED) is 0.769. The number of nitrogens with one attached hydrogen (secondary N) is 1. The highest BCUT2D eigenvalue weighted by Gasteiger charge is 2.08. The molecule has 0 aromatic heterocycles. The Kier molecular flexibility index (Phi) is 6.15. The molecule has 0 saturated carbocycles. The van der Waals surface area contributed by atoms with E-state index in [4.69, 9.17) is 10.5 Å². The van der Waals surface area contributed by atoms with Crippen LogP contribution in [0.2, 0.25) is 0 Å². The van der Waals surface area contributed by atoms with Crippen LogP contribution < -0.4 is 20.7 Å². The third-order valence-corrected chi connectivity index (χ3v) is 2.79. The largest absolute Gasteiger partial charge is 0.497 e. The van der Waals surface area contributed by atoms with Crippen molar-refractivity contribution in [1.29, 1.82) is 0 Å². The molecule has 0 spiro atoms. The highest BCUT2D eigenvalue weighted by atomic mass is 16.5. The predicted molar refractivity (Wildman–Crippen MR) is 77.7 cm³/mol. The Bertz CT molecular complexity index is 421. The number of amides is 1. The van der Waals surface area contributed by atoms with Gasteiger partial charge < -0.3 is 20.7 Å². The Balaban J connectivity index is 2.79. The van der Waals surface area contributed by atoms with Crippen molar-refractivity contribution in [3.05, 3.63) is 23.8 Å². The zero-order valence-corrected chi connectivity index (χ0v) is 11.9. The average molecular weight is 265 g/mol. The zero-order valence-electron chi connectivity index (χ0n) is 11.9. The lowest BCUT2D eigenvalue weighted by molar-refractivity contribution is -0.118. The van der Waals surface area contributed by atoms with E-state index in [2.05, 4.69) is 16.3 Å². The normalized spacial score (nSPS) is 10.1. The molecule has 106 valence electrons. The first-order valence-electron chi connectivity index (χ1n) is 6.42. The fourth-order valence-electron chi connectivity index (χ4n) is 1.92. The molecule has 5 nitrogen and oxygen atoms in total. The minimum atomic E-state index is -0.0190. The van der Waals surface area contributed by atoms with Gasteiger partial charge in [0.2, 0.25) is 5.91 Å². The van der Waals surface area contributed by atoms with E-state index in [0.717, 1.165) is 30.1 Å². The maximum absolute atomic E-state index is 10.9. The molecular weight excluding hydrogens is 242 g/mol. The first-order chi connectivity index (χ1) is 9.06. The second-order valence-electron chi connectivity index (χ2n) is 4.47. The number of ether oxygens (including phenoxy) is 1. The SMILES string of the molecule is COc1cc(C)cc(N(CCN)CCNC(C)=O)c1. The fourth-order valence-corrected chi connectivity index (χ4v) is 1.92. The molecule has 1 aromatic rings. The Morgan fingerprint density at radius 2 is 2.11 bits per heavy atom. The Morgan fingerprint density at radius 3 is 2.68 bits per heavy atom. The lowest BCUT2D eigenvalue weighted by Crippen LogP contribution is -2.37. The molecule has 0 aliphatic heterocycles. The highest BCUT2D eigenvalue weighted by molar-refractivity contribution is 5.72. The molecule has 0 unspecified atom stereocenters. The van der Waals surface area contributed by atoms with E-state index >= 15 is 0 Å². The van der Waals surface area contributed by atoms with Gasteiger partial charge in [0.1, 0.15) is 5.75 Å². The lowest BCUT2D eigenvalue weighted by Gasteiger charge is -2.25. The van der Waals surface area contributed by atoms with Gasteiger partial charge in [-0.15, -0.1) is 0 Å². The molecule has 0 atom stereocenters. The van der Waals surface area contributed by atoms with Crippen molar-refractivity contribution in [2.24, 2.45) is 5.73 Å². The van der Waals surface area contributed by atoms with Crippen LogP contribution in [0.25, 0.3) is 0 Å². The van der Waals surface area contributed by atoms with Crippen LogP contribution in [0, 0.1) is 6.92 Å². The number of carbonyl (C=O) groups is 1. The van der Waals surface area contributed by atoms with Crippen molar-refractivity contribution in [3.8, 4) is 5.75 Å². The van der Waals surface area contributed by atoms with Gasteiger partial charge in [0.15, 0.2) is 0 Å². The molecule has 0 aliphatic rings. The van der Waals surface area contributed by atoms with E-state index in [1.54, 1.807) is 7.11 Å². The summed E-state index contributed by atoms with van der Waals surface area (Å²) in [5.74, 6) is 0.811. The first kappa shape index (κ1) is 15.3. The standard InChI is InChI=1S/C14H23N3O2/c1-11-8-13(10-14(9-11)19-3)17(6-4-15)7-5-16-12(2)18/h8-10H,4-7,15H2,1-3H3,(H,16,18). The molecule has 0 saturated heterocycles. The summed E-state index contributed by atoms with van der Waals surface area (Å²) in [7, 11) is 1.66. The van der Waals surface area contributed by atoms with Gasteiger partial charge in [-0.05, 0) is 24.6 Å². The molecule has 1 rings (SSSR count). The molecule has 0 bridgehead atoms. The first-order valence-corrected chi connectivity index (χ1v) is 6.42. The highest BCUT2D eigenvalue weighted by Crippen LogP contribution is 2.23. The number of carbonyl (C=O) groups excluding carboxylic acids is 1. The van der Waals surface area contributed by atoms with Crippen molar-refractivity contribution >= 4 is 11.6 Å². The minimum absolute atomic E-state index is 0.0190. The molecule has 0 heterocycles. The third-order valence-electron chi connectivity index (χ3n) is 2.79. The van der Waals surface area contributed by atoms with Crippen LogP contribution in [0.3, 0.4) is 0 Å². The number of hydrogen-bond acceptors (Lipinski definition) is 4. The fraction of sp³-hybridized carbons (Fsp3) is 0.500. The molecular formula is C14H23N3O2. The summed E-state index contributed by atoms with van der Waals surface area (Å²) in [4.78, 5) is 13.0. The van der Waals surface area contributed by atoms with Gasteiger partial charge in [0.25, 0.3) is 0 Å². The number of benzene rings is 1. The monoisotopic (exact) mass is 265 g/mol. The van der Waals surface area contributed by atoms with E-state index in [-0.39, 0.29) is 5.91 Å². The summed E-state index contributed by atoms with van der Waals surface area (Å²) < 4.78 is 5.28. The number of aryl methyl sites for hydroxylation is 1. The van der Waals surface area contributed by atoms with Gasteiger partial charge in [-0.3, -0.25) is 4.79 Å². The van der Waals surface area contributed by atoms with E-state index in [9.17, 15) is 4.79 Å². The molecule has 19 heavy (non-hydrogen) atoms. The van der Waals surface area contributed by atoms with Gasteiger partial charge in [0.05, 0.1) is 7.11 Å². The van der Waals surface area contributed by atoms with Crippen molar-refractivity contribution < 1.29 is 9.53 Å². The molecule has 1 amide bonds. The summed E-state index contributed by atoms with van der Waals surface area (Å²) in [5, 5.41) is 2.79. The van der Waals surface area contributed by atoms with Crippen LogP contribution in [0.4, 0.5) is 5.69 Å². The van der Waals surface area contributed by atoms with Gasteiger partial charge in [0, 0.05) is 44.9 Å². The molecule has 0 radical (unpaired) electrons. The van der Waals surface area contributed by atoms with Crippen LogP contribution >= 0.6 is 0 Å². The second kappa shape index (κ2) is 7.63.